The van der Waals surface area contributed by atoms with Gasteiger partial charge in [0.25, 0.3) is 0 Å². The van der Waals surface area contributed by atoms with Gasteiger partial charge < -0.3 is 14.2 Å². The number of rotatable bonds is 58. The second-order valence-corrected chi connectivity index (χ2v) is 21.3. The van der Waals surface area contributed by atoms with Crippen molar-refractivity contribution in [2.24, 2.45) is 0 Å². The van der Waals surface area contributed by atoms with Crippen LogP contribution in [0.5, 0.6) is 0 Å². The molecule has 0 fully saturated rings. The van der Waals surface area contributed by atoms with Crippen LogP contribution in [0.1, 0.15) is 316 Å². The molecule has 0 saturated carbocycles. The highest BCUT2D eigenvalue weighted by atomic mass is 16.6. The van der Waals surface area contributed by atoms with Gasteiger partial charge in [-0.05, 0) is 96.3 Å². The molecule has 432 valence electrons. The number of ether oxygens (including phenoxy) is 3. The van der Waals surface area contributed by atoms with Gasteiger partial charge in [0.1, 0.15) is 13.2 Å². The number of carbonyl (C=O) groups excluding carboxylic acids is 3. The van der Waals surface area contributed by atoms with Crippen LogP contribution in [0.4, 0.5) is 0 Å². The Labute approximate surface area is 465 Å². The van der Waals surface area contributed by atoms with E-state index in [-0.39, 0.29) is 31.1 Å². The Morgan fingerprint density at radius 3 is 0.827 bits per heavy atom. The number of carbonyl (C=O) groups is 3. The van der Waals surface area contributed by atoms with E-state index in [9.17, 15) is 14.4 Å². The van der Waals surface area contributed by atoms with Crippen LogP contribution in [0, 0.1) is 0 Å². The summed E-state index contributed by atoms with van der Waals surface area (Å²) in [4.78, 5) is 38.0. The number of hydrogen-bond donors (Lipinski definition) is 0. The molecule has 0 heterocycles. The van der Waals surface area contributed by atoms with Crippen LogP contribution >= 0.6 is 0 Å². The maximum Gasteiger partial charge on any atom is 0.306 e. The standard InChI is InChI=1S/C69H120O6/c1-4-7-10-13-16-18-20-22-24-26-28-29-30-31-32-33-34-35-36-37-38-39-41-42-44-46-48-50-53-56-59-62-68(71)74-65-66(64-73-67(70)61-58-55-52-15-12-9-6-3)75-69(72)63-60-57-54-51-49-47-45-43-40-27-25-23-21-19-17-14-11-8-5-2/h8,11,17,19-20,22-23,25-26,28,40,43,47,49,66H,4-7,9-10,12-16,18,21,24,27,29-39,41-42,44-46,48,50-65H2,1-3H3/b11-8-,19-17-,22-20-,25-23-,28-26-,43-40-,49-47-. The van der Waals surface area contributed by atoms with Crippen molar-refractivity contribution in [3.05, 3.63) is 85.1 Å². The second kappa shape index (κ2) is 63.1. The Hall–Kier alpha value is -3.41. The molecule has 1 atom stereocenters. The Morgan fingerprint density at radius 1 is 0.280 bits per heavy atom. The van der Waals surface area contributed by atoms with E-state index in [1.165, 1.54) is 173 Å². The zero-order valence-electron chi connectivity index (χ0n) is 49.6. The van der Waals surface area contributed by atoms with Gasteiger partial charge in [0.2, 0.25) is 0 Å². The summed E-state index contributed by atoms with van der Waals surface area (Å²) in [7, 11) is 0. The highest BCUT2D eigenvalue weighted by Crippen LogP contribution is 2.17. The Balaban J connectivity index is 4.08. The molecule has 0 aliphatic heterocycles. The van der Waals surface area contributed by atoms with E-state index >= 15 is 0 Å². The van der Waals surface area contributed by atoms with Gasteiger partial charge in [-0.15, -0.1) is 0 Å². The zero-order chi connectivity index (χ0) is 54.3. The highest BCUT2D eigenvalue weighted by Gasteiger charge is 2.19. The fourth-order valence-corrected chi connectivity index (χ4v) is 9.09. The van der Waals surface area contributed by atoms with Gasteiger partial charge in [0.15, 0.2) is 6.10 Å². The van der Waals surface area contributed by atoms with E-state index in [2.05, 4.69) is 106 Å². The van der Waals surface area contributed by atoms with E-state index < -0.39 is 6.10 Å². The van der Waals surface area contributed by atoms with Crippen molar-refractivity contribution < 1.29 is 28.6 Å². The van der Waals surface area contributed by atoms with Crippen LogP contribution in [-0.4, -0.2) is 37.2 Å². The normalized spacial score (nSPS) is 12.6. The minimum atomic E-state index is -0.790. The molecule has 0 aromatic carbocycles. The third-order valence-electron chi connectivity index (χ3n) is 13.9. The first-order valence-corrected chi connectivity index (χ1v) is 32.1. The summed E-state index contributed by atoms with van der Waals surface area (Å²) >= 11 is 0. The van der Waals surface area contributed by atoms with E-state index in [4.69, 9.17) is 14.2 Å². The molecule has 1 unspecified atom stereocenters. The molecule has 0 radical (unpaired) electrons. The van der Waals surface area contributed by atoms with Crippen molar-refractivity contribution in [3.63, 3.8) is 0 Å². The molecule has 0 aliphatic rings. The largest absolute Gasteiger partial charge is 0.462 e. The van der Waals surface area contributed by atoms with Crippen LogP contribution in [0.3, 0.4) is 0 Å². The topological polar surface area (TPSA) is 78.9 Å². The lowest BCUT2D eigenvalue weighted by molar-refractivity contribution is -0.167. The summed E-state index contributed by atoms with van der Waals surface area (Å²) in [6.45, 7) is 6.47. The van der Waals surface area contributed by atoms with Gasteiger partial charge in [0.05, 0.1) is 0 Å². The molecule has 0 saturated heterocycles. The van der Waals surface area contributed by atoms with Crippen LogP contribution in [0.25, 0.3) is 0 Å². The molecule has 0 bridgehead atoms. The van der Waals surface area contributed by atoms with E-state index in [0.717, 1.165) is 103 Å². The number of unbranched alkanes of at least 4 members (excludes halogenated alkanes) is 33. The van der Waals surface area contributed by atoms with Crippen molar-refractivity contribution in [1.82, 2.24) is 0 Å². The molecule has 0 aromatic heterocycles. The minimum Gasteiger partial charge on any atom is -0.462 e. The molecule has 0 spiro atoms. The maximum atomic E-state index is 12.8. The summed E-state index contributed by atoms with van der Waals surface area (Å²) in [5.41, 5.74) is 0. The summed E-state index contributed by atoms with van der Waals surface area (Å²) < 4.78 is 16.8. The van der Waals surface area contributed by atoms with E-state index in [1.807, 2.05) is 0 Å². The van der Waals surface area contributed by atoms with Crippen LogP contribution in [0.2, 0.25) is 0 Å². The van der Waals surface area contributed by atoms with Gasteiger partial charge in [-0.3, -0.25) is 14.4 Å². The van der Waals surface area contributed by atoms with Crippen molar-refractivity contribution in [3.8, 4) is 0 Å². The summed E-state index contributed by atoms with van der Waals surface area (Å²) in [5, 5.41) is 0. The average molecular weight is 1050 g/mol. The lowest BCUT2D eigenvalue weighted by Crippen LogP contribution is -2.30. The number of hydrogen-bond acceptors (Lipinski definition) is 6. The van der Waals surface area contributed by atoms with Gasteiger partial charge >= 0.3 is 17.9 Å². The quantitative estimate of drug-likeness (QED) is 0.0261. The zero-order valence-corrected chi connectivity index (χ0v) is 49.6. The third-order valence-corrected chi connectivity index (χ3v) is 13.9. The molecular formula is C69H120O6. The number of allylic oxidation sites excluding steroid dienone is 14. The molecule has 75 heavy (non-hydrogen) atoms. The maximum absolute atomic E-state index is 12.8. The van der Waals surface area contributed by atoms with Gasteiger partial charge in [-0.2, -0.15) is 0 Å². The molecule has 6 heteroatoms. The van der Waals surface area contributed by atoms with Crippen molar-refractivity contribution >= 4 is 17.9 Å². The lowest BCUT2D eigenvalue weighted by atomic mass is 10.0. The average Bonchev–Trinajstić information content (AvgIpc) is 3.41. The summed E-state index contributed by atoms with van der Waals surface area (Å²) in [6, 6.07) is 0. The van der Waals surface area contributed by atoms with Crippen molar-refractivity contribution in [1.29, 1.82) is 0 Å². The molecule has 0 amide bonds. The molecule has 0 N–H and O–H groups in total. The van der Waals surface area contributed by atoms with Crippen molar-refractivity contribution in [2.75, 3.05) is 13.2 Å². The van der Waals surface area contributed by atoms with E-state index in [1.54, 1.807) is 0 Å². The Morgan fingerprint density at radius 2 is 0.520 bits per heavy atom. The lowest BCUT2D eigenvalue weighted by Gasteiger charge is -2.18. The van der Waals surface area contributed by atoms with Crippen molar-refractivity contribution in [2.45, 2.75) is 322 Å². The van der Waals surface area contributed by atoms with Gasteiger partial charge in [-0.25, -0.2) is 0 Å². The predicted molar refractivity (Wildman–Crippen MR) is 325 cm³/mol. The summed E-state index contributed by atoms with van der Waals surface area (Å²) in [5.74, 6) is -0.916. The van der Waals surface area contributed by atoms with Crippen LogP contribution < -0.4 is 0 Å². The SMILES string of the molecule is CC/C=C\C/C=C\C/C=C\C/C=C\C/C=C\CCCCCC(=O)OC(COC(=O)CCCCCCCCC)COC(=O)CCCCCCCCCCCCCCCCCCCCC/C=C\C/C=C\CCCCCCC. The first-order chi connectivity index (χ1) is 37.0. The third kappa shape index (κ3) is 61.3. The van der Waals surface area contributed by atoms with E-state index in [0.29, 0.717) is 19.3 Å². The predicted octanol–water partition coefficient (Wildman–Crippen LogP) is 21.9. The molecule has 0 aliphatic carbocycles. The fraction of sp³-hybridized carbons (Fsp3) is 0.754. The highest BCUT2D eigenvalue weighted by molar-refractivity contribution is 5.71. The molecule has 6 nitrogen and oxygen atoms in total. The smallest absolute Gasteiger partial charge is 0.306 e. The first-order valence-electron chi connectivity index (χ1n) is 32.1. The second-order valence-electron chi connectivity index (χ2n) is 21.3. The Kier molecular flexibility index (Phi) is 60.3. The Bertz CT molecular complexity index is 1430. The molecule has 0 aromatic rings. The van der Waals surface area contributed by atoms with Gasteiger partial charge in [0, 0.05) is 19.3 Å². The monoisotopic (exact) mass is 1040 g/mol. The summed E-state index contributed by atoms with van der Waals surface area (Å²) in [6.07, 6.45) is 83.5. The van der Waals surface area contributed by atoms with Crippen LogP contribution in [-0.2, 0) is 28.6 Å². The minimum absolute atomic E-state index is 0.0871. The molecular weight excluding hydrogens is 925 g/mol. The molecule has 0 rings (SSSR count). The van der Waals surface area contributed by atoms with Gasteiger partial charge in [-0.1, -0.05) is 286 Å². The number of esters is 3. The fourth-order valence-electron chi connectivity index (χ4n) is 9.09. The first kappa shape index (κ1) is 71.6. The van der Waals surface area contributed by atoms with Crippen LogP contribution in [0.15, 0.2) is 85.1 Å².